The van der Waals surface area contributed by atoms with Crippen molar-refractivity contribution in [1.82, 2.24) is 10.2 Å². The van der Waals surface area contributed by atoms with Gasteiger partial charge < -0.3 is 10.2 Å². The number of halogens is 1. The van der Waals surface area contributed by atoms with Crippen LogP contribution in [-0.2, 0) is 13.1 Å². The number of carbonyl (C=O) groups excluding carboxylic acids is 1. The van der Waals surface area contributed by atoms with Crippen LogP contribution in [0.5, 0.6) is 0 Å². The van der Waals surface area contributed by atoms with Crippen LogP contribution in [0.1, 0.15) is 54.6 Å². The van der Waals surface area contributed by atoms with Gasteiger partial charge in [-0.1, -0.05) is 19.9 Å². The van der Waals surface area contributed by atoms with Gasteiger partial charge in [-0.25, -0.2) is 0 Å². The number of nitrogens with one attached hydrogen (secondary N) is 1. The lowest BCUT2D eigenvalue weighted by molar-refractivity contribution is 0.0770. The van der Waals surface area contributed by atoms with Crippen molar-refractivity contribution in [2.75, 3.05) is 13.1 Å². The van der Waals surface area contributed by atoms with E-state index in [0.29, 0.717) is 5.41 Å². The third kappa shape index (κ3) is 2.95. The molecule has 0 aliphatic carbocycles. The molecule has 116 valence electrons. The molecule has 0 bridgehead atoms. The van der Waals surface area contributed by atoms with Gasteiger partial charge in [-0.2, -0.15) is 0 Å². The Morgan fingerprint density at radius 2 is 1.95 bits per heavy atom. The molecule has 3 nitrogen and oxygen atoms in total. The molecular formula is C17H25ClN2O. The molecule has 1 aromatic rings. The van der Waals surface area contributed by atoms with Crippen LogP contribution in [0.25, 0.3) is 0 Å². The first-order chi connectivity index (χ1) is 9.67. The maximum Gasteiger partial charge on any atom is 0.253 e. The molecule has 0 spiro atoms. The molecule has 4 heteroatoms. The Hall–Kier alpha value is -1.06. The number of amides is 1. The summed E-state index contributed by atoms with van der Waals surface area (Å²) in [5, 5.41) is 3.33. The standard InChI is InChI=1S/C17H24N2O.ClH/c1-3-17(4-2)7-8-19(12-17)16(20)13-5-6-14-10-18-11-15(14)9-13;/h5-6,9,18H,3-4,7-8,10-12H2,1-2H3;1H. The van der Waals surface area contributed by atoms with Gasteiger partial charge in [0.15, 0.2) is 0 Å². The van der Waals surface area contributed by atoms with E-state index in [9.17, 15) is 4.79 Å². The summed E-state index contributed by atoms with van der Waals surface area (Å²) in [6.45, 7) is 8.16. The van der Waals surface area contributed by atoms with Gasteiger partial charge in [0.05, 0.1) is 0 Å². The number of carbonyl (C=O) groups is 1. The lowest BCUT2D eigenvalue weighted by Gasteiger charge is -2.26. The van der Waals surface area contributed by atoms with Gasteiger partial charge in [-0.15, -0.1) is 12.4 Å². The molecule has 0 radical (unpaired) electrons. The van der Waals surface area contributed by atoms with Crippen LogP contribution >= 0.6 is 12.4 Å². The van der Waals surface area contributed by atoms with Gasteiger partial charge in [0.2, 0.25) is 0 Å². The van der Waals surface area contributed by atoms with E-state index in [0.717, 1.165) is 38.2 Å². The Bertz CT molecular complexity index is 526. The smallest absolute Gasteiger partial charge is 0.253 e. The van der Waals surface area contributed by atoms with E-state index >= 15 is 0 Å². The van der Waals surface area contributed by atoms with Crippen molar-refractivity contribution in [3.8, 4) is 0 Å². The Morgan fingerprint density at radius 1 is 1.24 bits per heavy atom. The molecular weight excluding hydrogens is 284 g/mol. The average Bonchev–Trinajstić information content (AvgIpc) is 3.13. The molecule has 1 fully saturated rings. The van der Waals surface area contributed by atoms with Gasteiger partial charge in [0, 0.05) is 31.7 Å². The maximum absolute atomic E-state index is 12.7. The van der Waals surface area contributed by atoms with Gasteiger partial charge in [-0.3, -0.25) is 4.79 Å². The monoisotopic (exact) mass is 308 g/mol. The van der Waals surface area contributed by atoms with Gasteiger partial charge >= 0.3 is 0 Å². The fourth-order valence-electron chi connectivity index (χ4n) is 3.55. The molecule has 1 N–H and O–H groups in total. The van der Waals surface area contributed by atoms with E-state index in [1.54, 1.807) is 0 Å². The first-order valence-corrected chi connectivity index (χ1v) is 7.79. The van der Waals surface area contributed by atoms with Crippen molar-refractivity contribution in [1.29, 1.82) is 0 Å². The van der Waals surface area contributed by atoms with Crippen LogP contribution in [0.2, 0.25) is 0 Å². The van der Waals surface area contributed by atoms with E-state index in [2.05, 4.69) is 36.2 Å². The summed E-state index contributed by atoms with van der Waals surface area (Å²) in [5.41, 5.74) is 3.83. The van der Waals surface area contributed by atoms with Gasteiger partial charge in [0.25, 0.3) is 5.91 Å². The number of hydrogen-bond acceptors (Lipinski definition) is 2. The zero-order chi connectivity index (χ0) is 14.2. The molecule has 0 aromatic heterocycles. The van der Waals surface area contributed by atoms with E-state index in [-0.39, 0.29) is 18.3 Å². The molecule has 3 rings (SSSR count). The Kier molecular flexibility index (Phi) is 4.95. The average molecular weight is 309 g/mol. The van der Waals surface area contributed by atoms with E-state index in [4.69, 9.17) is 0 Å². The summed E-state index contributed by atoms with van der Waals surface area (Å²) >= 11 is 0. The molecule has 1 amide bonds. The highest BCUT2D eigenvalue weighted by Crippen LogP contribution is 2.37. The second kappa shape index (κ2) is 6.37. The second-order valence-electron chi connectivity index (χ2n) is 6.27. The number of rotatable bonds is 3. The summed E-state index contributed by atoms with van der Waals surface area (Å²) < 4.78 is 0. The van der Waals surface area contributed by atoms with Crippen molar-refractivity contribution < 1.29 is 4.79 Å². The second-order valence-corrected chi connectivity index (χ2v) is 6.27. The molecule has 0 saturated carbocycles. The SMILES string of the molecule is CCC1(CC)CCN(C(=O)c2ccc3c(c2)CNC3)C1.Cl. The van der Waals surface area contributed by atoms with Gasteiger partial charge in [0.1, 0.15) is 0 Å². The van der Waals surface area contributed by atoms with Crippen LogP contribution in [0.15, 0.2) is 18.2 Å². The zero-order valence-electron chi connectivity index (χ0n) is 12.9. The first kappa shape index (κ1) is 16.3. The van der Waals surface area contributed by atoms with Crippen molar-refractivity contribution in [3.63, 3.8) is 0 Å². The highest BCUT2D eigenvalue weighted by Gasteiger charge is 2.37. The van der Waals surface area contributed by atoms with Crippen LogP contribution in [0.4, 0.5) is 0 Å². The third-order valence-corrected chi connectivity index (χ3v) is 5.31. The van der Waals surface area contributed by atoms with Crippen molar-refractivity contribution in [2.24, 2.45) is 5.41 Å². The third-order valence-electron chi connectivity index (χ3n) is 5.31. The molecule has 1 saturated heterocycles. The highest BCUT2D eigenvalue weighted by molar-refractivity contribution is 5.94. The van der Waals surface area contributed by atoms with Crippen molar-refractivity contribution in [2.45, 2.75) is 46.2 Å². The summed E-state index contributed by atoms with van der Waals surface area (Å²) in [7, 11) is 0. The minimum atomic E-state index is 0. The van der Waals surface area contributed by atoms with Crippen molar-refractivity contribution in [3.05, 3.63) is 34.9 Å². The molecule has 21 heavy (non-hydrogen) atoms. The summed E-state index contributed by atoms with van der Waals surface area (Å²) in [6, 6.07) is 6.17. The summed E-state index contributed by atoms with van der Waals surface area (Å²) in [6.07, 6.45) is 3.49. The highest BCUT2D eigenvalue weighted by atomic mass is 35.5. The summed E-state index contributed by atoms with van der Waals surface area (Å²) in [4.78, 5) is 14.7. The Morgan fingerprint density at radius 3 is 2.62 bits per heavy atom. The molecule has 0 unspecified atom stereocenters. The Labute approximate surface area is 133 Å². The lowest BCUT2D eigenvalue weighted by Crippen LogP contribution is -2.31. The number of hydrogen-bond donors (Lipinski definition) is 1. The normalized spacial score (nSPS) is 19.2. The van der Waals surface area contributed by atoms with Crippen LogP contribution < -0.4 is 5.32 Å². The molecule has 2 aliphatic heterocycles. The predicted molar refractivity (Wildman–Crippen MR) is 87.8 cm³/mol. The van der Waals surface area contributed by atoms with E-state index in [1.165, 1.54) is 24.0 Å². The maximum atomic E-state index is 12.7. The predicted octanol–water partition coefficient (Wildman–Crippen LogP) is 3.36. The fourth-order valence-corrected chi connectivity index (χ4v) is 3.55. The van der Waals surface area contributed by atoms with Crippen molar-refractivity contribution >= 4 is 18.3 Å². The molecule has 2 heterocycles. The molecule has 1 aromatic carbocycles. The molecule has 2 aliphatic rings. The zero-order valence-corrected chi connectivity index (χ0v) is 13.8. The minimum absolute atomic E-state index is 0. The van der Waals surface area contributed by atoms with E-state index < -0.39 is 0 Å². The van der Waals surface area contributed by atoms with E-state index in [1.807, 2.05) is 6.07 Å². The first-order valence-electron chi connectivity index (χ1n) is 7.79. The lowest BCUT2D eigenvalue weighted by atomic mass is 9.82. The number of fused-ring (bicyclic) bond motifs is 1. The Balaban J connectivity index is 0.00000161. The van der Waals surface area contributed by atoms with Crippen LogP contribution in [0, 0.1) is 5.41 Å². The van der Waals surface area contributed by atoms with Gasteiger partial charge in [-0.05, 0) is 47.9 Å². The number of benzene rings is 1. The largest absolute Gasteiger partial charge is 0.338 e. The number of nitrogens with zero attached hydrogens (tertiary/aromatic N) is 1. The molecule has 0 atom stereocenters. The quantitative estimate of drug-likeness (QED) is 0.928. The van der Waals surface area contributed by atoms with Crippen LogP contribution in [-0.4, -0.2) is 23.9 Å². The minimum Gasteiger partial charge on any atom is -0.338 e. The topological polar surface area (TPSA) is 32.3 Å². The van der Waals surface area contributed by atoms with Crippen LogP contribution in [0.3, 0.4) is 0 Å². The summed E-state index contributed by atoms with van der Waals surface area (Å²) in [5.74, 6) is 0.212. The number of likely N-dealkylation sites (tertiary alicyclic amines) is 1. The fraction of sp³-hybridized carbons (Fsp3) is 0.588.